The summed E-state index contributed by atoms with van der Waals surface area (Å²) in [6.45, 7) is 2.82. The number of hydrogen-bond acceptors (Lipinski definition) is 3. The second-order valence-corrected chi connectivity index (χ2v) is 4.90. The van der Waals surface area contributed by atoms with Crippen LogP contribution in [-0.2, 0) is 6.54 Å². The molecule has 0 saturated heterocycles. The molecule has 0 aliphatic heterocycles. The summed E-state index contributed by atoms with van der Waals surface area (Å²) in [6.07, 6.45) is 3.72. The molecule has 0 aliphatic rings. The van der Waals surface area contributed by atoms with Crippen LogP contribution < -0.4 is 5.73 Å². The van der Waals surface area contributed by atoms with Gasteiger partial charge in [0.1, 0.15) is 11.6 Å². The topological polar surface area (TPSA) is 43.8 Å². The molecule has 0 atom stereocenters. The Balaban J connectivity index is 1.92. The third-order valence-corrected chi connectivity index (χ3v) is 3.37. The molecule has 3 nitrogen and oxygen atoms in total. The number of aryl methyl sites for hydroxylation is 2. The lowest BCUT2D eigenvalue weighted by Crippen LogP contribution is -2.01. The van der Waals surface area contributed by atoms with Gasteiger partial charge in [0.05, 0.1) is 0 Å². The van der Waals surface area contributed by atoms with Gasteiger partial charge in [-0.1, -0.05) is 0 Å². The van der Waals surface area contributed by atoms with Crippen molar-refractivity contribution in [1.82, 2.24) is 9.55 Å². The van der Waals surface area contributed by atoms with Crippen molar-refractivity contribution in [2.45, 2.75) is 18.4 Å². The first kappa shape index (κ1) is 12.0. The van der Waals surface area contributed by atoms with Crippen molar-refractivity contribution in [3.05, 3.63) is 42.2 Å². The standard InChI is InChI=1S/C12H14FN3S/c1-9-15-2-3-16(9)4-5-17-12-7-10(13)6-11(14)8-12/h2-3,6-8H,4-5,14H2,1H3. The van der Waals surface area contributed by atoms with Crippen LogP contribution in [0.15, 0.2) is 35.5 Å². The fourth-order valence-electron chi connectivity index (χ4n) is 1.57. The Bertz CT molecular complexity index is 490. The molecule has 0 bridgehead atoms. The molecule has 0 spiro atoms. The highest BCUT2D eigenvalue weighted by Gasteiger charge is 2.01. The van der Waals surface area contributed by atoms with E-state index in [2.05, 4.69) is 9.55 Å². The van der Waals surface area contributed by atoms with E-state index >= 15 is 0 Å². The molecule has 17 heavy (non-hydrogen) atoms. The zero-order valence-electron chi connectivity index (χ0n) is 9.56. The van der Waals surface area contributed by atoms with Crippen LogP contribution in [0, 0.1) is 12.7 Å². The van der Waals surface area contributed by atoms with Gasteiger partial charge in [0.25, 0.3) is 0 Å². The normalized spacial score (nSPS) is 10.7. The molecule has 1 aromatic carbocycles. The molecule has 0 fully saturated rings. The van der Waals surface area contributed by atoms with Crippen molar-refractivity contribution in [3.63, 3.8) is 0 Å². The second-order valence-electron chi connectivity index (χ2n) is 3.74. The number of nitrogen functional groups attached to an aromatic ring is 1. The van der Waals surface area contributed by atoms with Crippen LogP contribution in [0.3, 0.4) is 0 Å². The van der Waals surface area contributed by atoms with Gasteiger partial charge in [0.2, 0.25) is 0 Å². The highest BCUT2D eigenvalue weighted by Crippen LogP contribution is 2.22. The molecule has 0 aliphatic carbocycles. The first-order valence-corrected chi connectivity index (χ1v) is 6.30. The highest BCUT2D eigenvalue weighted by atomic mass is 32.2. The summed E-state index contributed by atoms with van der Waals surface area (Å²) in [5, 5.41) is 0. The maximum absolute atomic E-state index is 13.1. The third kappa shape index (κ3) is 3.23. The molecule has 2 N–H and O–H groups in total. The van der Waals surface area contributed by atoms with Crippen molar-refractivity contribution in [3.8, 4) is 0 Å². The number of benzene rings is 1. The van der Waals surface area contributed by atoms with Crippen LogP contribution in [0.25, 0.3) is 0 Å². The number of rotatable bonds is 4. The van der Waals surface area contributed by atoms with Gasteiger partial charge >= 0.3 is 0 Å². The summed E-state index contributed by atoms with van der Waals surface area (Å²) >= 11 is 1.59. The van der Waals surface area contributed by atoms with E-state index in [1.165, 1.54) is 12.1 Å². The summed E-state index contributed by atoms with van der Waals surface area (Å²) in [5.41, 5.74) is 6.05. The number of nitrogens with two attached hydrogens (primary N) is 1. The van der Waals surface area contributed by atoms with Crippen molar-refractivity contribution >= 4 is 17.4 Å². The Labute approximate surface area is 104 Å². The predicted octanol–water partition coefficient (Wildman–Crippen LogP) is 2.71. The second kappa shape index (κ2) is 5.23. The predicted molar refractivity (Wildman–Crippen MR) is 68.5 cm³/mol. The lowest BCUT2D eigenvalue weighted by Gasteiger charge is -2.05. The van der Waals surface area contributed by atoms with Gasteiger partial charge < -0.3 is 10.3 Å². The summed E-state index contributed by atoms with van der Waals surface area (Å²) in [6, 6.07) is 4.61. The number of anilines is 1. The quantitative estimate of drug-likeness (QED) is 0.671. The molecule has 90 valence electrons. The van der Waals surface area contributed by atoms with Crippen LogP contribution in [0.1, 0.15) is 5.82 Å². The first-order chi connectivity index (χ1) is 8.15. The number of thioether (sulfide) groups is 1. The molecule has 1 heterocycles. The van der Waals surface area contributed by atoms with Gasteiger partial charge in [0.15, 0.2) is 0 Å². The molecule has 0 radical (unpaired) electrons. The van der Waals surface area contributed by atoms with Gasteiger partial charge in [-0.25, -0.2) is 9.37 Å². The summed E-state index contributed by atoms with van der Waals surface area (Å²) in [7, 11) is 0. The first-order valence-electron chi connectivity index (χ1n) is 5.32. The van der Waals surface area contributed by atoms with E-state index in [0.29, 0.717) is 5.69 Å². The maximum Gasteiger partial charge on any atom is 0.126 e. The molecular weight excluding hydrogens is 237 g/mol. The van der Waals surface area contributed by atoms with E-state index in [0.717, 1.165) is 23.0 Å². The van der Waals surface area contributed by atoms with Crippen molar-refractivity contribution in [1.29, 1.82) is 0 Å². The molecule has 2 aromatic rings. The van der Waals surface area contributed by atoms with Crippen LogP contribution >= 0.6 is 11.8 Å². The van der Waals surface area contributed by atoms with E-state index in [1.54, 1.807) is 24.0 Å². The van der Waals surface area contributed by atoms with Gasteiger partial charge in [0, 0.05) is 35.3 Å². The monoisotopic (exact) mass is 251 g/mol. The zero-order chi connectivity index (χ0) is 12.3. The average molecular weight is 251 g/mol. The number of halogens is 1. The van der Waals surface area contributed by atoms with Gasteiger partial charge in [-0.15, -0.1) is 11.8 Å². The van der Waals surface area contributed by atoms with E-state index in [9.17, 15) is 4.39 Å². The summed E-state index contributed by atoms with van der Waals surface area (Å²) in [4.78, 5) is 5.01. The Morgan fingerprint density at radius 1 is 1.41 bits per heavy atom. The SMILES string of the molecule is Cc1nccn1CCSc1cc(N)cc(F)c1. The molecule has 5 heteroatoms. The Morgan fingerprint density at radius 2 is 2.24 bits per heavy atom. The maximum atomic E-state index is 13.1. The summed E-state index contributed by atoms with van der Waals surface area (Å²) < 4.78 is 15.1. The Hall–Kier alpha value is -1.49. The molecule has 0 unspecified atom stereocenters. The minimum atomic E-state index is -0.286. The lowest BCUT2D eigenvalue weighted by atomic mass is 10.3. The van der Waals surface area contributed by atoms with E-state index in [4.69, 9.17) is 5.73 Å². The Kier molecular flexibility index (Phi) is 3.68. The number of hydrogen-bond donors (Lipinski definition) is 1. The van der Waals surface area contributed by atoms with Crippen LogP contribution in [-0.4, -0.2) is 15.3 Å². The van der Waals surface area contributed by atoms with E-state index in [1.807, 2.05) is 13.1 Å². The smallest absolute Gasteiger partial charge is 0.126 e. The van der Waals surface area contributed by atoms with Crippen molar-refractivity contribution in [2.24, 2.45) is 0 Å². The summed E-state index contributed by atoms with van der Waals surface area (Å²) in [5.74, 6) is 1.57. The fourth-order valence-corrected chi connectivity index (χ4v) is 2.51. The molecule has 1 aromatic heterocycles. The number of imidazole rings is 1. The van der Waals surface area contributed by atoms with E-state index < -0.39 is 0 Å². The minimum absolute atomic E-state index is 0.286. The van der Waals surface area contributed by atoms with Crippen molar-refractivity contribution in [2.75, 3.05) is 11.5 Å². The average Bonchev–Trinajstić information content (AvgIpc) is 2.63. The fraction of sp³-hybridized carbons (Fsp3) is 0.250. The van der Waals surface area contributed by atoms with Crippen LogP contribution in [0.5, 0.6) is 0 Å². The van der Waals surface area contributed by atoms with Gasteiger partial charge in [-0.3, -0.25) is 0 Å². The van der Waals surface area contributed by atoms with Crippen LogP contribution in [0.2, 0.25) is 0 Å². The number of nitrogens with zero attached hydrogens (tertiary/aromatic N) is 2. The molecule has 0 amide bonds. The largest absolute Gasteiger partial charge is 0.399 e. The molecule has 2 rings (SSSR count). The lowest BCUT2D eigenvalue weighted by molar-refractivity contribution is 0.625. The van der Waals surface area contributed by atoms with Crippen LogP contribution in [0.4, 0.5) is 10.1 Å². The third-order valence-electron chi connectivity index (χ3n) is 2.42. The molecule has 0 saturated carbocycles. The molecular formula is C12H14FN3S. The highest BCUT2D eigenvalue weighted by molar-refractivity contribution is 7.99. The van der Waals surface area contributed by atoms with Crippen molar-refractivity contribution < 1.29 is 4.39 Å². The van der Waals surface area contributed by atoms with Gasteiger partial charge in [-0.2, -0.15) is 0 Å². The zero-order valence-corrected chi connectivity index (χ0v) is 10.4. The minimum Gasteiger partial charge on any atom is -0.399 e. The van der Waals surface area contributed by atoms with Gasteiger partial charge in [-0.05, 0) is 25.1 Å². The van der Waals surface area contributed by atoms with E-state index in [-0.39, 0.29) is 5.82 Å². The number of aromatic nitrogens is 2. The Morgan fingerprint density at radius 3 is 2.88 bits per heavy atom.